The van der Waals surface area contributed by atoms with E-state index < -0.39 is 0 Å². The average Bonchev–Trinajstić information content (AvgIpc) is 2.83. The summed E-state index contributed by atoms with van der Waals surface area (Å²) in [6, 6.07) is 16.5. The van der Waals surface area contributed by atoms with Crippen molar-refractivity contribution in [3.63, 3.8) is 0 Å². The average molecular weight is 364 g/mol. The minimum atomic E-state index is 0.232. The zero-order valence-corrected chi connectivity index (χ0v) is 16.1. The largest absolute Gasteiger partial charge is 0.489 e. The number of nitrogens with zero attached hydrogens (tertiary/aromatic N) is 2. The maximum atomic E-state index is 12.6. The van der Waals surface area contributed by atoms with Gasteiger partial charge in [-0.15, -0.1) is 0 Å². The Morgan fingerprint density at radius 2 is 1.93 bits per heavy atom. The summed E-state index contributed by atoms with van der Waals surface area (Å²) in [4.78, 5) is 16.9. The molecule has 4 nitrogen and oxygen atoms in total. The maximum absolute atomic E-state index is 12.6. The van der Waals surface area contributed by atoms with Gasteiger partial charge in [0.1, 0.15) is 12.4 Å². The summed E-state index contributed by atoms with van der Waals surface area (Å²) in [5.41, 5.74) is 3.58. The highest BCUT2D eigenvalue weighted by Gasteiger charge is 2.21. The number of hydrogen-bond acceptors (Lipinski definition) is 3. The van der Waals surface area contributed by atoms with Crippen molar-refractivity contribution >= 4 is 5.91 Å². The summed E-state index contributed by atoms with van der Waals surface area (Å²) in [5, 5.41) is 0. The fourth-order valence-electron chi connectivity index (χ4n) is 3.43. The molecular formula is C23H28N2O2. The molecule has 2 aromatic carbocycles. The van der Waals surface area contributed by atoms with Gasteiger partial charge in [0, 0.05) is 44.7 Å². The molecule has 2 aromatic rings. The molecule has 0 aromatic heterocycles. The molecule has 0 radical (unpaired) electrons. The standard InChI is InChI=1S/C23H28N2O2/c1-3-15-27-22-10-5-4-9-21(22)18-24-12-11-23(26)25(14-13-24)17-20-8-6-7-19(2)16-20/h3-10,16H,1,11-15,17-18H2,2H3. The smallest absolute Gasteiger partial charge is 0.224 e. The highest BCUT2D eigenvalue weighted by atomic mass is 16.5. The van der Waals surface area contributed by atoms with Crippen molar-refractivity contribution in [3.05, 3.63) is 77.9 Å². The predicted molar refractivity (Wildman–Crippen MR) is 109 cm³/mol. The molecule has 1 aliphatic rings. The number of carbonyl (C=O) groups is 1. The van der Waals surface area contributed by atoms with Crippen molar-refractivity contribution in [2.75, 3.05) is 26.2 Å². The SMILES string of the molecule is C=CCOc1ccccc1CN1CCC(=O)N(Cc2cccc(C)c2)CC1. The first-order chi connectivity index (χ1) is 13.2. The molecule has 0 saturated carbocycles. The summed E-state index contributed by atoms with van der Waals surface area (Å²) >= 11 is 0. The fourth-order valence-corrected chi connectivity index (χ4v) is 3.43. The van der Waals surface area contributed by atoms with Gasteiger partial charge in [-0.3, -0.25) is 9.69 Å². The van der Waals surface area contributed by atoms with Crippen molar-refractivity contribution < 1.29 is 9.53 Å². The molecule has 0 aliphatic carbocycles. The quantitative estimate of drug-likeness (QED) is 0.701. The third-order valence-electron chi connectivity index (χ3n) is 4.86. The summed E-state index contributed by atoms with van der Waals surface area (Å²) in [6.07, 6.45) is 2.31. The highest BCUT2D eigenvalue weighted by Crippen LogP contribution is 2.21. The van der Waals surface area contributed by atoms with Crippen molar-refractivity contribution in [3.8, 4) is 5.75 Å². The first kappa shape index (κ1) is 19.2. The van der Waals surface area contributed by atoms with Crippen LogP contribution < -0.4 is 4.74 Å². The van der Waals surface area contributed by atoms with E-state index in [1.54, 1.807) is 6.08 Å². The van der Waals surface area contributed by atoms with Gasteiger partial charge in [-0.25, -0.2) is 0 Å². The Kier molecular flexibility index (Phi) is 6.66. The number of amides is 1. The van der Waals surface area contributed by atoms with Crippen LogP contribution in [0.4, 0.5) is 0 Å². The first-order valence-electron chi connectivity index (χ1n) is 9.53. The topological polar surface area (TPSA) is 32.8 Å². The Labute approximate surface area is 162 Å². The van der Waals surface area contributed by atoms with Crippen LogP contribution in [0.25, 0.3) is 0 Å². The number of benzene rings is 2. The van der Waals surface area contributed by atoms with Gasteiger partial charge in [0.25, 0.3) is 0 Å². The third-order valence-corrected chi connectivity index (χ3v) is 4.86. The number of rotatable bonds is 7. The molecule has 0 unspecified atom stereocenters. The minimum Gasteiger partial charge on any atom is -0.489 e. The van der Waals surface area contributed by atoms with Crippen LogP contribution in [0.2, 0.25) is 0 Å². The number of hydrogen-bond donors (Lipinski definition) is 0. The predicted octanol–water partition coefficient (Wildman–Crippen LogP) is 3.79. The molecule has 142 valence electrons. The van der Waals surface area contributed by atoms with E-state index in [4.69, 9.17) is 4.74 Å². The van der Waals surface area contributed by atoms with Crippen LogP contribution in [0.5, 0.6) is 5.75 Å². The van der Waals surface area contributed by atoms with Crippen LogP contribution in [-0.2, 0) is 17.9 Å². The molecule has 0 bridgehead atoms. The summed E-state index contributed by atoms with van der Waals surface area (Å²) in [6.45, 7) is 10.2. The second kappa shape index (κ2) is 9.38. The Hall–Kier alpha value is -2.59. The van der Waals surface area contributed by atoms with Gasteiger partial charge >= 0.3 is 0 Å². The molecule has 0 atom stereocenters. The lowest BCUT2D eigenvalue weighted by atomic mass is 10.1. The zero-order chi connectivity index (χ0) is 19.1. The lowest BCUT2D eigenvalue weighted by molar-refractivity contribution is -0.130. The molecular weight excluding hydrogens is 336 g/mol. The van der Waals surface area contributed by atoms with E-state index in [2.05, 4.69) is 48.7 Å². The maximum Gasteiger partial charge on any atom is 0.224 e. The van der Waals surface area contributed by atoms with E-state index in [-0.39, 0.29) is 5.91 Å². The molecule has 1 fully saturated rings. The van der Waals surface area contributed by atoms with E-state index >= 15 is 0 Å². The third kappa shape index (κ3) is 5.44. The molecule has 0 N–H and O–H groups in total. The Bertz CT molecular complexity index is 787. The summed E-state index contributed by atoms with van der Waals surface area (Å²) < 4.78 is 5.77. The molecule has 1 amide bonds. The normalized spacial score (nSPS) is 15.4. The van der Waals surface area contributed by atoms with Crippen LogP contribution in [0.3, 0.4) is 0 Å². The van der Waals surface area contributed by atoms with E-state index in [0.717, 1.165) is 37.5 Å². The second-order valence-electron chi connectivity index (χ2n) is 7.04. The van der Waals surface area contributed by atoms with E-state index in [9.17, 15) is 4.79 Å². The highest BCUT2D eigenvalue weighted by molar-refractivity contribution is 5.76. The molecule has 3 rings (SSSR count). The molecule has 1 saturated heterocycles. The van der Waals surface area contributed by atoms with Crippen LogP contribution in [0, 0.1) is 6.92 Å². The lowest BCUT2D eigenvalue weighted by Gasteiger charge is -2.23. The van der Waals surface area contributed by atoms with E-state index in [1.807, 2.05) is 23.1 Å². The van der Waals surface area contributed by atoms with E-state index in [1.165, 1.54) is 11.1 Å². The van der Waals surface area contributed by atoms with Gasteiger partial charge in [-0.05, 0) is 18.6 Å². The van der Waals surface area contributed by atoms with Crippen molar-refractivity contribution in [2.45, 2.75) is 26.4 Å². The lowest BCUT2D eigenvalue weighted by Crippen LogP contribution is -2.32. The molecule has 1 aliphatic heterocycles. The van der Waals surface area contributed by atoms with Crippen molar-refractivity contribution in [1.82, 2.24) is 9.80 Å². The second-order valence-corrected chi connectivity index (χ2v) is 7.04. The van der Waals surface area contributed by atoms with Gasteiger partial charge in [-0.2, -0.15) is 0 Å². The molecule has 0 spiro atoms. The van der Waals surface area contributed by atoms with Crippen molar-refractivity contribution in [1.29, 1.82) is 0 Å². The molecule has 1 heterocycles. The number of aryl methyl sites for hydroxylation is 1. The van der Waals surface area contributed by atoms with E-state index in [0.29, 0.717) is 19.6 Å². The number of carbonyl (C=O) groups excluding carboxylic acids is 1. The minimum absolute atomic E-state index is 0.232. The summed E-state index contributed by atoms with van der Waals surface area (Å²) in [5.74, 6) is 1.12. The number of ether oxygens (including phenoxy) is 1. The molecule has 27 heavy (non-hydrogen) atoms. The molecule has 4 heteroatoms. The van der Waals surface area contributed by atoms with Crippen LogP contribution in [0.15, 0.2) is 61.2 Å². The monoisotopic (exact) mass is 364 g/mol. The van der Waals surface area contributed by atoms with Crippen LogP contribution in [0.1, 0.15) is 23.1 Å². The van der Waals surface area contributed by atoms with Gasteiger partial charge < -0.3 is 9.64 Å². The van der Waals surface area contributed by atoms with Crippen molar-refractivity contribution in [2.24, 2.45) is 0 Å². The van der Waals surface area contributed by atoms with Gasteiger partial charge in [0.05, 0.1) is 0 Å². The van der Waals surface area contributed by atoms with Gasteiger partial charge in [0.2, 0.25) is 5.91 Å². The summed E-state index contributed by atoms with van der Waals surface area (Å²) in [7, 11) is 0. The zero-order valence-electron chi connectivity index (χ0n) is 16.1. The first-order valence-corrected chi connectivity index (χ1v) is 9.53. The van der Waals surface area contributed by atoms with Gasteiger partial charge in [0.15, 0.2) is 0 Å². The Morgan fingerprint density at radius 1 is 1.07 bits per heavy atom. The van der Waals surface area contributed by atoms with Crippen LogP contribution >= 0.6 is 0 Å². The number of para-hydroxylation sites is 1. The fraction of sp³-hybridized carbons (Fsp3) is 0.348. The Morgan fingerprint density at radius 3 is 2.74 bits per heavy atom. The van der Waals surface area contributed by atoms with Crippen LogP contribution in [-0.4, -0.2) is 41.9 Å². The Balaban J connectivity index is 1.62. The van der Waals surface area contributed by atoms with Gasteiger partial charge in [-0.1, -0.05) is 60.7 Å².